The fourth-order valence-electron chi connectivity index (χ4n) is 0.596. The van der Waals surface area contributed by atoms with Gasteiger partial charge in [0.25, 0.3) is 0 Å². The van der Waals surface area contributed by atoms with Crippen molar-refractivity contribution in [3.05, 3.63) is 11.9 Å². The van der Waals surface area contributed by atoms with Crippen LogP contribution in [0.3, 0.4) is 0 Å². The first-order valence-electron chi connectivity index (χ1n) is 2.70. The van der Waals surface area contributed by atoms with E-state index < -0.39 is 6.55 Å². The van der Waals surface area contributed by atoms with E-state index in [0.717, 1.165) is 6.20 Å². The second-order valence-corrected chi connectivity index (χ2v) is 1.93. The zero-order chi connectivity index (χ0) is 7.72. The number of hydrogen-bond acceptors (Lipinski definition) is 2. The van der Waals surface area contributed by atoms with Crippen LogP contribution in [0.15, 0.2) is 6.20 Å². The zero-order valence-corrected chi connectivity index (χ0v) is 5.38. The molecule has 0 saturated heterocycles. The molecule has 0 fully saturated rings. The Balaban J connectivity index is 2.98. The van der Waals surface area contributed by atoms with E-state index in [4.69, 9.17) is 5.73 Å². The molecule has 5 heteroatoms. The Morgan fingerprint density at radius 2 is 2.30 bits per heavy atom. The van der Waals surface area contributed by atoms with Crippen LogP contribution in [0.2, 0.25) is 0 Å². The van der Waals surface area contributed by atoms with Crippen molar-refractivity contribution < 1.29 is 8.78 Å². The number of aryl methyl sites for hydroxylation is 1. The van der Waals surface area contributed by atoms with Crippen molar-refractivity contribution in [2.75, 3.05) is 5.73 Å². The first-order chi connectivity index (χ1) is 4.61. The first kappa shape index (κ1) is 6.98. The summed E-state index contributed by atoms with van der Waals surface area (Å²) in [5.74, 6) is 0. The summed E-state index contributed by atoms with van der Waals surface area (Å²) < 4.78 is 24.1. The van der Waals surface area contributed by atoms with E-state index >= 15 is 0 Å². The van der Waals surface area contributed by atoms with Crippen molar-refractivity contribution in [2.24, 2.45) is 0 Å². The molecule has 1 aromatic rings. The summed E-state index contributed by atoms with van der Waals surface area (Å²) in [5, 5.41) is 3.45. The molecule has 56 valence electrons. The van der Waals surface area contributed by atoms with Gasteiger partial charge >= 0.3 is 6.55 Å². The van der Waals surface area contributed by atoms with Crippen molar-refractivity contribution in [3.8, 4) is 0 Å². The van der Waals surface area contributed by atoms with Gasteiger partial charge in [-0.2, -0.15) is 13.9 Å². The zero-order valence-electron chi connectivity index (χ0n) is 5.38. The number of nitrogens with zero attached hydrogens (tertiary/aromatic N) is 2. The Hall–Kier alpha value is -1.13. The Morgan fingerprint density at radius 1 is 1.70 bits per heavy atom. The van der Waals surface area contributed by atoms with Crippen LogP contribution in [0.4, 0.5) is 14.5 Å². The van der Waals surface area contributed by atoms with Crippen LogP contribution >= 0.6 is 0 Å². The molecule has 0 atom stereocenters. The average Bonchev–Trinajstić information content (AvgIpc) is 2.13. The summed E-state index contributed by atoms with van der Waals surface area (Å²) in [7, 11) is 0. The van der Waals surface area contributed by atoms with Crippen LogP contribution < -0.4 is 5.73 Å². The lowest BCUT2D eigenvalue weighted by atomic mass is 10.4. The number of nitrogen functional groups attached to an aromatic ring is 1. The van der Waals surface area contributed by atoms with E-state index in [1.165, 1.54) is 0 Å². The molecule has 0 aromatic carbocycles. The van der Waals surface area contributed by atoms with Gasteiger partial charge in [0.05, 0.1) is 17.6 Å². The van der Waals surface area contributed by atoms with Gasteiger partial charge in [-0.05, 0) is 6.92 Å². The van der Waals surface area contributed by atoms with Crippen LogP contribution in [-0.2, 0) is 0 Å². The van der Waals surface area contributed by atoms with E-state index in [1.54, 1.807) is 6.92 Å². The van der Waals surface area contributed by atoms with E-state index in [2.05, 4.69) is 5.10 Å². The molecule has 0 unspecified atom stereocenters. The number of halogens is 2. The molecule has 3 nitrogen and oxygen atoms in total. The van der Waals surface area contributed by atoms with Crippen LogP contribution in [0, 0.1) is 6.92 Å². The third kappa shape index (κ3) is 1.07. The van der Waals surface area contributed by atoms with Crippen molar-refractivity contribution in [3.63, 3.8) is 0 Å². The number of alkyl halides is 2. The van der Waals surface area contributed by atoms with Crippen molar-refractivity contribution in [1.29, 1.82) is 0 Å². The Bertz CT molecular complexity index is 211. The minimum Gasteiger partial charge on any atom is -0.396 e. The van der Waals surface area contributed by atoms with Gasteiger partial charge in [-0.1, -0.05) is 0 Å². The van der Waals surface area contributed by atoms with Gasteiger partial charge in [-0.25, -0.2) is 4.68 Å². The van der Waals surface area contributed by atoms with Crippen LogP contribution in [0.5, 0.6) is 0 Å². The van der Waals surface area contributed by atoms with Gasteiger partial charge < -0.3 is 5.73 Å². The summed E-state index contributed by atoms with van der Waals surface area (Å²) in [6.07, 6.45) is 1.11. The smallest absolute Gasteiger partial charge is 0.333 e. The van der Waals surface area contributed by atoms with Crippen molar-refractivity contribution in [2.45, 2.75) is 13.5 Å². The Morgan fingerprint density at radius 3 is 2.50 bits per heavy atom. The molecular weight excluding hydrogens is 140 g/mol. The highest BCUT2D eigenvalue weighted by Crippen LogP contribution is 2.13. The second-order valence-electron chi connectivity index (χ2n) is 1.93. The van der Waals surface area contributed by atoms with Crippen molar-refractivity contribution in [1.82, 2.24) is 9.78 Å². The monoisotopic (exact) mass is 147 g/mol. The van der Waals surface area contributed by atoms with Crippen LogP contribution in [0.1, 0.15) is 12.2 Å². The van der Waals surface area contributed by atoms with E-state index in [0.29, 0.717) is 16.1 Å². The highest BCUT2D eigenvalue weighted by molar-refractivity contribution is 5.39. The lowest BCUT2D eigenvalue weighted by molar-refractivity contribution is 0.0563. The van der Waals surface area contributed by atoms with Gasteiger partial charge in [-0.15, -0.1) is 0 Å². The summed E-state index contributed by atoms with van der Waals surface area (Å²) >= 11 is 0. The molecule has 0 aliphatic rings. The third-order valence-electron chi connectivity index (χ3n) is 1.15. The molecule has 0 saturated carbocycles. The summed E-state index contributed by atoms with van der Waals surface area (Å²) in [5.41, 5.74) is 5.98. The molecule has 1 aromatic heterocycles. The van der Waals surface area contributed by atoms with Crippen molar-refractivity contribution >= 4 is 5.69 Å². The topological polar surface area (TPSA) is 43.8 Å². The van der Waals surface area contributed by atoms with Crippen LogP contribution in [-0.4, -0.2) is 9.78 Å². The first-order valence-corrected chi connectivity index (χ1v) is 2.70. The molecule has 0 spiro atoms. The molecule has 0 aliphatic heterocycles. The third-order valence-corrected chi connectivity index (χ3v) is 1.15. The second kappa shape index (κ2) is 2.24. The Labute approximate surface area is 56.4 Å². The fourth-order valence-corrected chi connectivity index (χ4v) is 0.596. The normalized spacial score (nSPS) is 10.8. The predicted octanol–water partition coefficient (Wildman–Crippen LogP) is 1.17. The van der Waals surface area contributed by atoms with Gasteiger partial charge in [0, 0.05) is 0 Å². The maximum Gasteiger partial charge on any atom is 0.333 e. The van der Waals surface area contributed by atoms with Gasteiger partial charge in [0.15, 0.2) is 0 Å². The van der Waals surface area contributed by atoms with Gasteiger partial charge in [0.1, 0.15) is 0 Å². The maximum atomic E-state index is 11.8. The highest BCUT2D eigenvalue weighted by atomic mass is 19.3. The number of aromatic nitrogens is 2. The Kier molecular flexibility index (Phi) is 1.57. The quantitative estimate of drug-likeness (QED) is 0.647. The molecule has 10 heavy (non-hydrogen) atoms. The fraction of sp³-hybridized carbons (Fsp3) is 0.400. The molecule has 0 bridgehead atoms. The molecule has 1 heterocycles. The molecule has 0 radical (unpaired) electrons. The van der Waals surface area contributed by atoms with E-state index in [9.17, 15) is 8.78 Å². The molecule has 2 N–H and O–H groups in total. The molecule has 1 rings (SSSR count). The molecule has 0 amide bonds. The number of rotatable bonds is 1. The van der Waals surface area contributed by atoms with Gasteiger partial charge in [-0.3, -0.25) is 0 Å². The number of hydrogen-bond donors (Lipinski definition) is 1. The summed E-state index contributed by atoms with van der Waals surface area (Å²) in [6.45, 7) is -1.02. The molecular formula is C5H7F2N3. The van der Waals surface area contributed by atoms with Crippen LogP contribution in [0.25, 0.3) is 0 Å². The SMILES string of the molecule is Cc1nn(C(F)F)cc1N. The lowest BCUT2D eigenvalue weighted by Crippen LogP contribution is -1.97. The summed E-state index contributed by atoms with van der Waals surface area (Å²) in [4.78, 5) is 0. The predicted molar refractivity (Wildman–Crippen MR) is 32.6 cm³/mol. The largest absolute Gasteiger partial charge is 0.396 e. The standard InChI is InChI=1S/C5H7F2N3/c1-3-4(8)2-10(9-3)5(6)7/h2,5H,8H2,1H3. The maximum absolute atomic E-state index is 11.8. The lowest BCUT2D eigenvalue weighted by Gasteiger charge is -1.94. The van der Waals surface area contributed by atoms with E-state index in [1.807, 2.05) is 0 Å². The van der Waals surface area contributed by atoms with E-state index in [-0.39, 0.29) is 0 Å². The number of nitrogens with two attached hydrogens (primary N) is 1. The minimum atomic E-state index is -2.60. The van der Waals surface area contributed by atoms with Gasteiger partial charge in [0.2, 0.25) is 0 Å². The number of anilines is 1. The highest BCUT2D eigenvalue weighted by Gasteiger charge is 2.07. The summed E-state index contributed by atoms with van der Waals surface area (Å²) in [6, 6.07) is 0. The average molecular weight is 147 g/mol. The molecule has 0 aliphatic carbocycles. The minimum absolute atomic E-state index is 0.292.